The largest absolute Gasteiger partial charge is 0.345 e. The van der Waals surface area contributed by atoms with Gasteiger partial charge in [-0.3, -0.25) is 4.79 Å². The van der Waals surface area contributed by atoms with Crippen molar-refractivity contribution in [2.45, 2.75) is 12.8 Å². The van der Waals surface area contributed by atoms with Crippen LogP contribution in [0.25, 0.3) is 0 Å². The van der Waals surface area contributed by atoms with E-state index in [1.54, 1.807) is 4.90 Å². The smallest absolute Gasteiger partial charge is 0.226 e. The van der Waals surface area contributed by atoms with Crippen LogP contribution >= 0.6 is 0 Å². The molecule has 0 aromatic heterocycles. The fourth-order valence-corrected chi connectivity index (χ4v) is 1.23. The average molecular weight is 137 g/mol. The molecule has 2 heteroatoms. The molecule has 1 amide bonds. The lowest BCUT2D eigenvalue weighted by Crippen LogP contribution is -2.22. The molecule has 0 N–H and O–H groups in total. The second-order valence-corrected chi connectivity index (χ2v) is 2.65. The quantitative estimate of drug-likeness (QED) is 0.481. The summed E-state index contributed by atoms with van der Waals surface area (Å²) >= 11 is 0. The Morgan fingerprint density at radius 3 is 3.00 bits per heavy atom. The molecule has 0 aliphatic carbocycles. The number of carbonyl (C=O) groups is 1. The van der Waals surface area contributed by atoms with Crippen molar-refractivity contribution in [2.75, 3.05) is 13.6 Å². The standard InChI is InChI=1S/C8H11NO/c1-3-4-7-5-6-9(2)8(7)10/h1,7H,4-6H2,2H3/t7-/m0/s1. The number of nitrogens with zero attached hydrogens (tertiary/aromatic N) is 1. The molecule has 1 atom stereocenters. The highest BCUT2D eigenvalue weighted by Crippen LogP contribution is 2.18. The predicted octanol–water partition coefficient (Wildman–Crippen LogP) is 0.488. The lowest BCUT2D eigenvalue weighted by Gasteiger charge is -2.06. The Kier molecular flexibility index (Phi) is 1.96. The van der Waals surface area contributed by atoms with Crippen molar-refractivity contribution in [3.8, 4) is 12.3 Å². The van der Waals surface area contributed by atoms with Gasteiger partial charge in [-0.2, -0.15) is 0 Å². The van der Waals surface area contributed by atoms with Gasteiger partial charge in [-0.25, -0.2) is 0 Å². The third-order valence-electron chi connectivity index (χ3n) is 1.90. The van der Waals surface area contributed by atoms with Gasteiger partial charge in [0.1, 0.15) is 0 Å². The number of rotatable bonds is 1. The summed E-state index contributed by atoms with van der Waals surface area (Å²) in [5, 5.41) is 0. The fraction of sp³-hybridized carbons (Fsp3) is 0.625. The van der Waals surface area contributed by atoms with E-state index in [2.05, 4.69) is 5.92 Å². The van der Waals surface area contributed by atoms with Gasteiger partial charge >= 0.3 is 0 Å². The van der Waals surface area contributed by atoms with Crippen LogP contribution in [0, 0.1) is 18.3 Å². The van der Waals surface area contributed by atoms with E-state index in [0.29, 0.717) is 6.42 Å². The Hall–Kier alpha value is -0.970. The zero-order valence-corrected chi connectivity index (χ0v) is 6.13. The second kappa shape index (κ2) is 2.74. The minimum absolute atomic E-state index is 0.106. The number of amides is 1. The van der Waals surface area contributed by atoms with Gasteiger partial charge in [0.25, 0.3) is 0 Å². The van der Waals surface area contributed by atoms with E-state index in [1.165, 1.54) is 0 Å². The Labute approximate surface area is 61.2 Å². The van der Waals surface area contributed by atoms with Crippen LogP contribution in [0.2, 0.25) is 0 Å². The van der Waals surface area contributed by atoms with E-state index in [4.69, 9.17) is 6.42 Å². The molecule has 1 aliphatic heterocycles. The van der Waals surface area contributed by atoms with Crippen LogP contribution in [0.4, 0.5) is 0 Å². The average Bonchev–Trinajstić information content (AvgIpc) is 2.20. The molecule has 1 rings (SSSR count). The third kappa shape index (κ3) is 1.13. The summed E-state index contributed by atoms with van der Waals surface area (Å²) in [7, 11) is 1.82. The first-order chi connectivity index (χ1) is 4.75. The van der Waals surface area contributed by atoms with Gasteiger partial charge in [0.05, 0.1) is 5.92 Å². The first kappa shape index (κ1) is 7.14. The summed E-state index contributed by atoms with van der Waals surface area (Å²) < 4.78 is 0. The van der Waals surface area contributed by atoms with Crippen molar-refractivity contribution in [3.05, 3.63) is 0 Å². The van der Waals surface area contributed by atoms with Gasteiger partial charge in [0, 0.05) is 20.0 Å². The van der Waals surface area contributed by atoms with Crippen LogP contribution in [0.15, 0.2) is 0 Å². The SMILES string of the molecule is C#CC[C@H]1CCN(C)C1=O. The van der Waals surface area contributed by atoms with Crippen LogP contribution < -0.4 is 0 Å². The lowest BCUT2D eigenvalue weighted by molar-refractivity contribution is -0.129. The molecular formula is C8H11NO. The van der Waals surface area contributed by atoms with E-state index in [1.807, 2.05) is 7.05 Å². The summed E-state index contributed by atoms with van der Waals surface area (Å²) in [6, 6.07) is 0. The Morgan fingerprint density at radius 1 is 1.90 bits per heavy atom. The van der Waals surface area contributed by atoms with Gasteiger partial charge in [-0.15, -0.1) is 12.3 Å². The van der Waals surface area contributed by atoms with Crippen molar-refractivity contribution < 1.29 is 4.79 Å². The van der Waals surface area contributed by atoms with Crippen LogP contribution in [-0.4, -0.2) is 24.4 Å². The topological polar surface area (TPSA) is 20.3 Å². The highest BCUT2D eigenvalue weighted by molar-refractivity contribution is 5.80. The molecule has 2 nitrogen and oxygen atoms in total. The molecule has 1 aliphatic rings. The Bertz CT molecular complexity index is 180. The van der Waals surface area contributed by atoms with Crippen LogP contribution in [0.5, 0.6) is 0 Å². The molecule has 0 saturated carbocycles. The molecule has 0 aromatic rings. The number of carbonyl (C=O) groups excluding carboxylic acids is 1. The number of hydrogen-bond acceptors (Lipinski definition) is 1. The summed E-state index contributed by atoms with van der Waals surface area (Å²) in [4.78, 5) is 12.9. The van der Waals surface area contributed by atoms with E-state index in [0.717, 1.165) is 13.0 Å². The minimum Gasteiger partial charge on any atom is -0.345 e. The molecule has 1 fully saturated rings. The molecule has 1 saturated heterocycles. The van der Waals surface area contributed by atoms with Crippen LogP contribution in [-0.2, 0) is 4.79 Å². The molecular weight excluding hydrogens is 126 g/mol. The normalized spacial score (nSPS) is 25.0. The highest BCUT2D eigenvalue weighted by atomic mass is 16.2. The minimum atomic E-state index is 0.106. The first-order valence-corrected chi connectivity index (χ1v) is 3.44. The van der Waals surface area contributed by atoms with Crippen molar-refractivity contribution in [1.29, 1.82) is 0 Å². The van der Waals surface area contributed by atoms with Gasteiger partial charge in [-0.1, -0.05) is 0 Å². The zero-order chi connectivity index (χ0) is 7.56. The Morgan fingerprint density at radius 2 is 2.60 bits per heavy atom. The number of likely N-dealkylation sites (tertiary alicyclic amines) is 1. The number of hydrogen-bond donors (Lipinski definition) is 0. The summed E-state index contributed by atoms with van der Waals surface area (Å²) in [5.41, 5.74) is 0. The summed E-state index contributed by atoms with van der Waals surface area (Å²) in [6.45, 7) is 0.866. The third-order valence-corrected chi connectivity index (χ3v) is 1.90. The molecule has 0 spiro atoms. The zero-order valence-electron chi connectivity index (χ0n) is 6.13. The van der Waals surface area contributed by atoms with E-state index >= 15 is 0 Å². The van der Waals surface area contributed by atoms with Gasteiger partial charge in [0.15, 0.2) is 0 Å². The van der Waals surface area contributed by atoms with E-state index in [-0.39, 0.29) is 11.8 Å². The van der Waals surface area contributed by atoms with Gasteiger partial charge in [-0.05, 0) is 6.42 Å². The fourth-order valence-electron chi connectivity index (χ4n) is 1.23. The molecule has 54 valence electrons. The van der Waals surface area contributed by atoms with Crippen molar-refractivity contribution in [2.24, 2.45) is 5.92 Å². The van der Waals surface area contributed by atoms with Crippen molar-refractivity contribution in [3.63, 3.8) is 0 Å². The molecule has 1 heterocycles. The van der Waals surface area contributed by atoms with Crippen molar-refractivity contribution >= 4 is 5.91 Å². The number of terminal acetylenes is 1. The van der Waals surface area contributed by atoms with E-state index in [9.17, 15) is 4.79 Å². The first-order valence-electron chi connectivity index (χ1n) is 3.44. The van der Waals surface area contributed by atoms with Crippen LogP contribution in [0.3, 0.4) is 0 Å². The summed E-state index contributed by atoms with van der Waals surface area (Å²) in [6.07, 6.45) is 6.63. The lowest BCUT2D eigenvalue weighted by atomic mass is 10.1. The van der Waals surface area contributed by atoms with Crippen molar-refractivity contribution in [1.82, 2.24) is 4.90 Å². The molecule has 10 heavy (non-hydrogen) atoms. The molecule has 0 unspecified atom stereocenters. The Balaban J connectivity index is 2.51. The maximum atomic E-state index is 11.1. The monoisotopic (exact) mass is 137 g/mol. The van der Waals surface area contributed by atoms with Gasteiger partial charge < -0.3 is 4.90 Å². The highest BCUT2D eigenvalue weighted by Gasteiger charge is 2.27. The van der Waals surface area contributed by atoms with E-state index < -0.39 is 0 Å². The van der Waals surface area contributed by atoms with Crippen LogP contribution in [0.1, 0.15) is 12.8 Å². The summed E-state index contributed by atoms with van der Waals surface area (Å²) in [5.74, 6) is 2.83. The second-order valence-electron chi connectivity index (χ2n) is 2.65. The van der Waals surface area contributed by atoms with Gasteiger partial charge in [0.2, 0.25) is 5.91 Å². The predicted molar refractivity (Wildman–Crippen MR) is 39.2 cm³/mol. The molecule has 0 bridgehead atoms. The maximum absolute atomic E-state index is 11.1. The molecule has 0 radical (unpaired) electrons. The maximum Gasteiger partial charge on any atom is 0.226 e. The molecule has 0 aromatic carbocycles.